The van der Waals surface area contributed by atoms with Gasteiger partial charge in [0.15, 0.2) is 11.4 Å². The van der Waals surface area contributed by atoms with E-state index in [1.807, 2.05) is 0 Å². The lowest BCUT2D eigenvalue weighted by Gasteiger charge is -2.53. The number of fused-ring (bicyclic) bond motifs is 3. The van der Waals surface area contributed by atoms with Gasteiger partial charge in [0.05, 0.1) is 29.3 Å². The van der Waals surface area contributed by atoms with Crippen LogP contribution in [-0.2, 0) is 19.2 Å². The third kappa shape index (κ3) is 3.47. The normalized spacial score (nSPS) is 30.8. The number of likely N-dealkylation sites (N-methyl/N-ethyl adjacent to an activating group) is 1. The number of amides is 2. The van der Waals surface area contributed by atoms with Gasteiger partial charge in [0, 0.05) is 17.4 Å². The fraction of sp³-hybridized carbons (Fsp3) is 0.462. The van der Waals surface area contributed by atoms with Crippen LogP contribution in [0.2, 0.25) is 0 Å². The number of rotatable bonds is 4. The van der Waals surface area contributed by atoms with E-state index in [4.69, 9.17) is 5.73 Å². The first kappa shape index (κ1) is 27.3. The van der Waals surface area contributed by atoms with E-state index in [-0.39, 0.29) is 11.3 Å². The van der Waals surface area contributed by atoms with Gasteiger partial charge in [-0.3, -0.25) is 24.1 Å². The van der Waals surface area contributed by atoms with Crippen LogP contribution in [0.3, 0.4) is 0 Å². The standard InChI is InChI=1S/C26H31N3O9/c1-8(2)25(37)28-11-7-6-10-9(3)12-14(19(31)13(10)18(11)30)22(34)26(38)16(20(12)32)17(29(4)5)21(33)15(23(26)35)24(27)36/h6-9,12,16-17,20,30-32,35,38H,1-5H3,(H2,27,36)(H,28,37)/t9-,12+,16+,17-,20-,26-/m0/s1. The summed E-state index contributed by atoms with van der Waals surface area (Å²) < 4.78 is 0. The Bertz CT molecular complexity index is 1350. The van der Waals surface area contributed by atoms with Gasteiger partial charge in [-0.1, -0.05) is 26.8 Å². The minimum absolute atomic E-state index is 0.0321. The number of nitrogens with zero attached hydrogens (tertiary/aromatic N) is 1. The zero-order valence-corrected chi connectivity index (χ0v) is 21.5. The number of carbonyl (C=O) groups is 4. The van der Waals surface area contributed by atoms with E-state index >= 15 is 0 Å². The van der Waals surface area contributed by atoms with E-state index in [0.717, 1.165) is 0 Å². The molecule has 2 amide bonds. The lowest BCUT2D eigenvalue weighted by molar-refractivity contribution is -0.169. The smallest absolute Gasteiger partial charge is 0.255 e. The summed E-state index contributed by atoms with van der Waals surface area (Å²) in [5.41, 5.74) is 0.959. The highest BCUT2D eigenvalue weighted by molar-refractivity contribution is 6.24. The Labute approximate surface area is 218 Å². The van der Waals surface area contributed by atoms with Crippen LogP contribution in [0.1, 0.15) is 37.8 Å². The average molecular weight is 530 g/mol. The summed E-state index contributed by atoms with van der Waals surface area (Å²) in [7, 11) is 2.88. The first-order chi connectivity index (χ1) is 17.6. The molecule has 0 unspecified atom stereocenters. The van der Waals surface area contributed by atoms with Gasteiger partial charge >= 0.3 is 0 Å². The number of Topliss-reactive ketones (excluding diaryl/α,β-unsaturated/α-hetero) is 2. The summed E-state index contributed by atoms with van der Waals surface area (Å²) in [5, 5.41) is 59.0. The largest absolute Gasteiger partial charge is 0.508 e. The minimum Gasteiger partial charge on any atom is -0.508 e. The molecule has 12 nitrogen and oxygen atoms in total. The number of primary amides is 1. The van der Waals surface area contributed by atoms with Crippen molar-refractivity contribution < 1.29 is 44.7 Å². The van der Waals surface area contributed by atoms with E-state index < -0.39 is 93.2 Å². The lowest BCUT2D eigenvalue weighted by atomic mass is 9.54. The number of anilines is 1. The highest BCUT2D eigenvalue weighted by Gasteiger charge is 2.68. The van der Waals surface area contributed by atoms with Crippen molar-refractivity contribution >= 4 is 34.8 Å². The van der Waals surface area contributed by atoms with Gasteiger partial charge < -0.3 is 36.6 Å². The number of ketones is 2. The van der Waals surface area contributed by atoms with Crippen molar-refractivity contribution in [3.8, 4) is 5.75 Å². The molecule has 1 aromatic carbocycles. The molecule has 0 aromatic heterocycles. The predicted molar refractivity (Wildman–Crippen MR) is 134 cm³/mol. The van der Waals surface area contributed by atoms with Gasteiger partial charge in [-0.2, -0.15) is 0 Å². The van der Waals surface area contributed by atoms with Crippen LogP contribution < -0.4 is 11.1 Å². The van der Waals surface area contributed by atoms with Gasteiger partial charge in [0.2, 0.25) is 11.7 Å². The molecule has 12 heteroatoms. The maximum absolute atomic E-state index is 13.9. The Balaban J connectivity index is 1.99. The first-order valence-electron chi connectivity index (χ1n) is 12.1. The molecule has 204 valence electrons. The van der Waals surface area contributed by atoms with Gasteiger partial charge in [-0.05, 0) is 31.6 Å². The Kier molecular flexibility index (Phi) is 6.41. The number of phenols is 1. The van der Waals surface area contributed by atoms with E-state index in [1.165, 1.54) is 31.1 Å². The molecule has 1 fully saturated rings. The fourth-order valence-electron chi connectivity index (χ4n) is 5.99. The number of aliphatic hydroxyl groups excluding tert-OH is 3. The van der Waals surface area contributed by atoms with Gasteiger partial charge in [0.25, 0.3) is 5.91 Å². The molecule has 3 aliphatic carbocycles. The number of hydrogen-bond acceptors (Lipinski definition) is 10. The molecule has 0 spiro atoms. The van der Waals surface area contributed by atoms with E-state index in [2.05, 4.69) is 5.32 Å². The van der Waals surface area contributed by atoms with Crippen LogP contribution in [0.15, 0.2) is 29.0 Å². The van der Waals surface area contributed by atoms with Crippen molar-refractivity contribution in [1.82, 2.24) is 4.90 Å². The van der Waals surface area contributed by atoms with Gasteiger partial charge in [0.1, 0.15) is 22.8 Å². The maximum Gasteiger partial charge on any atom is 0.255 e. The number of nitrogens with one attached hydrogen (secondary N) is 1. The third-order valence-electron chi connectivity index (χ3n) is 7.91. The van der Waals surface area contributed by atoms with Crippen LogP contribution in [-0.4, -0.2) is 85.7 Å². The van der Waals surface area contributed by atoms with Crippen LogP contribution in [0.4, 0.5) is 5.69 Å². The SMILES string of the molecule is CC(C)C(=O)Nc1ccc2c(c1O)C(O)=C1C(=O)[C@]3(O)C(O)=C(C(N)=O)C(=O)[C@@H](N(C)C)[C@@H]3[C@@H](O)[C@@H]1[C@H]2C. The minimum atomic E-state index is -2.98. The molecule has 1 saturated carbocycles. The molecule has 0 bridgehead atoms. The molecule has 0 heterocycles. The van der Waals surface area contributed by atoms with Crippen LogP contribution in [0.5, 0.6) is 5.75 Å². The summed E-state index contributed by atoms with van der Waals surface area (Å²) in [6.45, 7) is 4.92. The molecule has 6 atom stereocenters. The number of hydrogen-bond donors (Lipinski definition) is 7. The molecular formula is C26H31N3O9. The monoisotopic (exact) mass is 529 g/mol. The summed E-state index contributed by atoms with van der Waals surface area (Å²) in [6, 6.07) is 1.53. The van der Waals surface area contributed by atoms with Crippen LogP contribution >= 0.6 is 0 Å². The summed E-state index contributed by atoms with van der Waals surface area (Å²) >= 11 is 0. The second-order valence-electron chi connectivity index (χ2n) is 10.6. The Morgan fingerprint density at radius 2 is 1.74 bits per heavy atom. The van der Waals surface area contributed by atoms with Crippen molar-refractivity contribution in [3.05, 3.63) is 40.2 Å². The van der Waals surface area contributed by atoms with Crippen molar-refractivity contribution in [2.45, 2.75) is 44.4 Å². The van der Waals surface area contributed by atoms with E-state index in [1.54, 1.807) is 20.8 Å². The van der Waals surface area contributed by atoms with Gasteiger partial charge in [-0.25, -0.2) is 0 Å². The quantitative estimate of drug-likeness (QED) is 0.206. The Hall–Kier alpha value is -3.74. The van der Waals surface area contributed by atoms with Crippen LogP contribution in [0, 0.1) is 17.8 Å². The molecule has 0 radical (unpaired) electrons. The molecule has 8 N–H and O–H groups in total. The second kappa shape index (κ2) is 8.93. The van der Waals surface area contributed by atoms with Crippen molar-refractivity contribution in [2.24, 2.45) is 23.5 Å². The molecule has 4 rings (SSSR count). The first-order valence-corrected chi connectivity index (χ1v) is 12.1. The number of benzene rings is 1. The Morgan fingerprint density at radius 1 is 1.13 bits per heavy atom. The summed E-state index contributed by atoms with van der Waals surface area (Å²) in [4.78, 5) is 52.7. The molecular weight excluding hydrogens is 498 g/mol. The van der Waals surface area contributed by atoms with Gasteiger partial charge in [-0.15, -0.1) is 0 Å². The number of carbonyl (C=O) groups excluding carboxylic acids is 4. The zero-order valence-electron chi connectivity index (χ0n) is 21.5. The second-order valence-corrected chi connectivity index (χ2v) is 10.6. The van der Waals surface area contributed by atoms with Crippen LogP contribution in [0.25, 0.3) is 5.76 Å². The number of aliphatic hydroxyl groups is 4. The highest BCUT2D eigenvalue weighted by atomic mass is 16.4. The zero-order chi connectivity index (χ0) is 28.6. The summed E-state index contributed by atoms with van der Waals surface area (Å²) in [6.07, 6.45) is -1.67. The fourth-order valence-corrected chi connectivity index (χ4v) is 5.99. The number of phenolic OH excluding ortho intramolecular Hbond substituents is 1. The molecule has 1 aromatic rings. The maximum atomic E-state index is 13.9. The predicted octanol–water partition coefficient (Wildman–Crippen LogP) is 0.0903. The third-order valence-corrected chi connectivity index (χ3v) is 7.91. The average Bonchev–Trinajstić information content (AvgIpc) is 2.82. The number of nitrogens with two attached hydrogens (primary N) is 1. The van der Waals surface area contributed by atoms with Crippen molar-refractivity contribution in [3.63, 3.8) is 0 Å². The number of aromatic hydroxyl groups is 1. The highest BCUT2D eigenvalue weighted by Crippen LogP contribution is 2.56. The van der Waals surface area contributed by atoms with E-state index in [0.29, 0.717) is 5.56 Å². The Morgan fingerprint density at radius 3 is 2.26 bits per heavy atom. The topological polar surface area (TPSA) is 211 Å². The lowest BCUT2D eigenvalue weighted by Crippen LogP contribution is -2.70. The van der Waals surface area contributed by atoms with E-state index in [9.17, 15) is 44.7 Å². The van der Waals surface area contributed by atoms with Crippen molar-refractivity contribution in [2.75, 3.05) is 19.4 Å². The molecule has 0 saturated heterocycles. The molecule has 3 aliphatic rings. The summed E-state index contributed by atoms with van der Waals surface area (Å²) in [5.74, 6) is -10.6. The molecule has 38 heavy (non-hydrogen) atoms. The van der Waals surface area contributed by atoms with Crippen molar-refractivity contribution in [1.29, 1.82) is 0 Å². The molecule has 0 aliphatic heterocycles.